The van der Waals surface area contributed by atoms with E-state index in [4.69, 9.17) is 4.98 Å². The number of aromatic amines is 1. The van der Waals surface area contributed by atoms with Crippen molar-refractivity contribution in [3.8, 4) is 11.1 Å². The first kappa shape index (κ1) is 18.5. The molecule has 0 atom stereocenters. The van der Waals surface area contributed by atoms with E-state index in [1.165, 1.54) is 24.6 Å². The van der Waals surface area contributed by atoms with Gasteiger partial charge in [-0.2, -0.15) is 0 Å². The predicted molar refractivity (Wildman–Crippen MR) is 115 cm³/mol. The van der Waals surface area contributed by atoms with E-state index in [0.717, 1.165) is 36.8 Å². The number of rotatable bonds is 6. The first-order chi connectivity index (χ1) is 14.2. The van der Waals surface area contributed by atoms with Gasteiger partial charge in [0.05, 0.1) is 5.75 Å². The largest absolute Gasteiger partial charge is 0.355 e. The number of amides is 1. The summed E-state index contributed by atoms with van der Waals surface area (Å²) in [4.78, 5) is 33.6. The summed E-state index contributed by atoms with van der Waals surface area (Å²) >= 11 is 1.37. The number of thioether (sulfide) groups is 1. The zero-order valence-corrected chi connectivity index (χ0v) is 17.0. The second-order valence-corrected chi connectivity index (χ2v) is 8.87. The third-order valence-corrected chi connectivity index (χ3v) is 6.70. The lowest BCUT2D eigenvalue weighted by atomic mass is 10.1. The summed E-state index contributed by atoms with van der Waals surface area (Å²) in [6.07, 6.45) is 8.34. The van der Waals surface area contributed by atoms with Gasteiger partial charge >= 0.3 is 0 Å². The molecule has 2 aromatic heterocycles. The Morgan fingerprint density at radius 1 is 1.17 bits per heavy atom. The molecule has 0 bridgehead atoms. The summed E-state index contributed by atoms with van der Waals surface area (Å²) in [5.74, 6) is 0.308. The monoisotopic (exact) mass is 408 g/mol. The Morgan fingerprint density at radius 2 is 1.93 bits per heavy atom. The van der Waals surface area contributed by atoms with E-state index in [2.05, 4.69) is 10.3 Å². The number of carbonyl (C=O) groups is 1. The quantitative estimate of drug-likeness (QED) is 0.479. The van der Waals surface area contributed by atoms with Gasteiger partial charge in [0.2, 0.25) is 5.91 Å². The molecule has 1 aromatic carbocycles. The second-order valence-electron chi connectivity index (χ2n) is 7.93. The zero-order chi connectivity index (χ0) is 19.8. The Morgan fingerprint density at radius 3 is 2.66 bits per heavy atom. The van der Waals surface area contributed by atoms with E-state index in [9.17, 15) is 9.59 Å². The van der Waals surface area contributed by atoms with Crippen LogP contribution in [0.1, 0.15) is 44.6 Å². The van der Waals surface area contributed by atoms with Crippen molar-refractivity contribution in [1.29, 1.82) is 0 Å². The minimum Gasteiger partial charge on any atom is -0.355 e. The van der Waals surface area contributed by atoms with E-state index in [-0.39, 0.29) is 23.3 Å². The molecule has 2 fully saturated rings. The molecule has 6 nitrogen and oxygen atoms in total. The van der Waals surface area contributed by atoms with Crippen LogP contribution >= 0.6 is 11.8 Å². The minimum atomic E-state index is -0.0432. The second kappa shape index (κ2) is 7.71. The fourth-order valence-corrected chi connectivity index (χ4v) is 4.99. The zero-order valence-electron chi connectivity index (χ0n) is 16.2. The van der Waals surface area contributed by atoms with Gasteiger partial charge in [-0.1, -0.05) is 54.9 Å². The standard InChI is InChI=1S/C22H24N4O2S/c27-18(24-15-8-4-5-9-15)13-29-22-25-19-17(14-6-2-1-3-7-14)12-23-20(19)21(28)26(22)16-10-11-16/h1-3,6-7,12,15-16,23H,4-5,8-11,13H2,(H,24,27). The van der Waals surface area contributed by atoms with Crippen molar-refractivity contribution in [3.63, 3.8) is 0 Å². The Kier molecular flexibility index (Phi) is 4.91. The molecule has 2 aliphatic carbocycles. The van der Waals surface area contributed by atoms with Crippen LogP contribution < -0.4 is 10.9 Å². The Balaban J connectivity index is 1.47. The number of fused-ring (bicyclic) bond motifs is 1. The van der Waals surface area contributed by atoms with Crippen LogP contribution in [-0.2, 0) is 4.79 Å². The third-order valence-electron chi connectivity index (χ3n) is 5.75. The number of hydrogen-bond acceptors (Lipinski definition) is 4. The van der Waals surface area contributed by atoms with Crippen molar-refractivity contribution in [2.24, 2.45) is 0 Å². The molecule has 2 N–H and O–H groups in total. The Bertz CT molecular complexity index is 1100. The van der Waals surface area contributed by atoms with Gasteiger partial charge < -0.3 is 10.3 Å². The normalized spacial score (nSPS) is 17.1. The van der Waals surface area contributed by atoms with Gasteiger partial charge in [0.1, 0.15) is 11.0 Å². The van der Waals surface area contributed by atoms with Crippen LogP contribution in [0, 0.1) is 0 Å². The maximum Gasteiger partial charge on any atom is 0.278 e. The summed E-state index contributed by atoms with van der Waals surface area (Å²) in [7, 11) is 0. The highest BCUT2D eigenvalue weighted by molar-refractivity contribution is 7.99. The smallest absolute Gasteiger partial charge is 0.278 e. The van der Waals surface area contributed by atoms with Crippen molar-refractivity contribution in [1.82, 2.24) is 19.9 Å². The average molecular weight is 409 g/mol. The fraction of sp³-hybridized carbons (Fsp3) is 0.409. The van der Waals surface area contributed by atoms with Crippen LogP contribution in [0.5, 0.6) is 0 Å². The van der Waals surface area contributed by atoms with Crippen LogP contribution in [0.4, 0.5) is 0 Å². The van der Waals surface area contributed by atoms with E-state index >= 15 is 0 Å². The van der Waals surface area contributed by atoms with Crippen LogP contribution in [0.15, 0.2) is 46.5 Å². The summed E-state index contributed by atoms with van der Waals surface area (Å²) in [6, 6.07) is 10.4. The molecule has 2 aliphatic rings. The predicted octanol–water partition coefficient (Wildman–Crippen LogP) is 3.88. The van der Waals surface area contributed by atoms with Gasteiger partial charge in [0, 0.05) is 23.8 Å². The van der Waals surface area contributed by atoms with Crippen molar-refractivity contribution in [2.75, 3.05) is 5.75 Å². The summed E-state index contributed by atoms with van der Waals surface area (Å²) in [5.41, 5.74) is 3.10. The van der Waals surface area contributed by atoms with Crippen LogP contribution in [0.2, 0.25) is 0 Å². The molecular formula is C22H24N4O2S. The number of carbonyl (C=O) groups excluding carboxylic acids is 1. The number of H-pyrrole nitrogens is 1. The number of nitrogens with zero attached hydrogens (tertiary/aromatic N) is 2. The highest BCUT2D eigenvalue weighted by atomic mass is 32.2. The first-order valence-electron chi connectivity index (χ1n) is 10.3. The molecule has 0 radical (unpaired) electrons. The molecule has 0 aliphatic heterocycles. The molecule has 3 aromatic rings. The van der Waals surface area contributed by atoms with Crippen molar-refractivity contribution >= 4 is 28.7 Å². The molecule has 2 saturated carbocycles. The van der Waals surface area contributed by atoms with Crippen LogP contribution in [0.3, 0.4) is 0 Å². The molecule has 0 saturated heterocycles. The number of aromatic nitrogens is 3. The first-order valence-corrected chi connectivity index (χ1v) is 11.3. The lowest BCUT2D eigenvalue weighted by Crippen LogP contribution is -2.34. The molecule has 0 spiro atoms. The minimum absolute atomic E-state index is 0.0240. The lowest BCUT2D eigenvalue weighted by Gasteiger charge is -2.13. The Labute approximate surface area is 173 Å². The van der Waals surface area contributed by atoms with E-state index in [1.54, 1.807) is 4.57 Å². The SMILES string of the molecule is O=C(CSc1nc2c(-c3ccccc3)c[nH]c2c(=O)n1C1CC1)NC1CCCC1. The molecular weight excluding hydrogens is 384 g/mol. The van der Waals surface area contributed by atoms with Crippen molar-refractivity contribution in [2.45, 2.75) is 55.8 Å². The van der Waals surface area contributed by atoms with E-state index in [1.807, 2.05) is 36.5 Å². The molecule has 0 unspecified atom stereocenters. The number of hydrogen-bond donors (Lipinski definition) is 2. The van der Waals surface area contributed by atoms with Gasteiger partial charge in [-0.25, -0.2) is 4.98 Å². The van der Waals surface area contributed by atoms with Crippen LogP contribution in [-0.4, -0.2) is 32.2 Å². The van der Waals surface area contributed by atoms with Gasteiger partial charge in [0.15, 0.2) is 5.16 Å². The average Bonchev–Trinajstić information content (AvgIpc) is 3.26. The van der Waals surface area contributed by atoms with Gasteiger partial charge in [-0.3, -0.25) is 14.2 Å². The molecule has 29 heavy (non-hydrogen) atoms. The number of nitrogens with one attached hydrogen (secondary N) is 2. The van der Waals surface area contributed by atoms with E-state index in [0.29, 0.717) is 22.2 Å². The maximum absolute atomic E-state index is 13.2. The molecule has 7 heteroatoms. The summed E-state index contributed by atoms with van der Waals surface area (Å²) in [6.45, 7) is 0. The highest BCUT2D eigenvalue weighted by Gasteiger charge is 2.30. The molecule has 5 rings (SSSR count). The molecule has 150 valence electrons. The van der Waals surface area contributed by atoms with Gasteiger partial charge in [-0.05, 0) is 31.2 Å². The van der Waals surface area contributed by atoms with Gasteiger partial charge in [0.25, 0.3) is 5.56 Å². The van der Waals surface area contributed by atoms with Crippen molar-refractivity contribution < 1.29 is 4.79 Å². The third kappa shape index (κ3) is 3.71. The maximum atomic E-state index is 13.2. The Hall–Kier alpha value is -2.54. The van der Waals surface area contributed by atoms with Crippen molar-refractivity contribution in [3.05, 3.63) is 46.9 Å². The van der Waals surface area contributed by atoms with Crippen LogP contribution in [0.25, 0.3) is 22.2 Å². The lowest BCUT2D eigenvalue weighted by molar-refractivity contribution is -0.119. The van der Waals surface area contributed by atoms with E-state index < -0.39 is 0 Å². The highest BCUT2D eigenvalue weighted by Crippen LogP contribution is 2.37. The van der Waals surface area contributed by atoms with Gasteiger partial charge in [-0.15, -0.1) is 0 Å². The molecule has 1 amide bonds. The molecule has 2 heterocycles. The fourth-order valence-electron chi connectivity index (χ4n) is 4.12. The summed E-state index contributed by atoms with van der Waals surface area (Å²) in [5, 5.41) is 3.76. The number of benzene rings is 1. The summed E-state index contributed by atoms with van der Waals surface area (Å²) < 4.78 is 1.78. The topological polar surface area (TPSA) is 79.8 Å².